The van der Waals surface area contributed by atoms with Crippen LogP contribution in [0.15, 0.2) is 35.1 Å². The molecule has 5 heteroatoms. The molecule has 92 valence electrons. The number of nitrogens with zero attached hydrogens (tertiary/aromatic N) is 2. The van der Waals surface area contributed by atoms with Gasteiger partial charge >= 0.3 is 0 Å². The molecule has 0 saturated carbocycles. The van der Waals surface area contributed by atoms with Gasteiger partial charge in [-0.25, -0.2) is 4.68 Å². The van der Waals surface area contributed by atoms with Crippen LogP contribution in [0.2, 0.25) is 0 Å². The maximum Gasteiger partial charge on any atom is 0.266 e. The standard InChI is InChI=1S/C13H12N2O3/c1-2-15-13(16)6-4-10(14-15)9-3-5-11-12(7-9)18-8-17-11/h3-7H,2,8H2,1H3. The molecular weight excluding hydrogens is 232 g/mol. The van der Waals surface area contributed by atoms with Crippen molar-refractivity contribution in [1.29, 1.82) is 0 Å². The van der Waals surface area contributed by atoms with Gasteiger partial charge in [0.25, 0.3) is 5.56 Å². The number of fused-ring (bicyclic) bond motifs is 1. The molecular formula is C13H12N2O3. The van der Waals surface area contributed by atoms with Crippen molar-refractivity contribution in [3.05, 3.63) is 40.7 Å². The van der Waals surface area contributed by atoms with Gasteiger partial charge in [-0.3, -0.25) is 4.79 Å². The van der Waals surface area contributed by atoms with Crippen LogP contribution in [-0.4, -0.2) is 16.6 Å². The Morgan fingerprint density at radius 2 is 2.06 bits per heavy atom. The van der Waals surface area contributed by atoms with Gasteiger partial charge in [0, 0.05) is 18.2 Å². The third kappa shape index (κ3) is 1.73. The molecule has 1 aliphatic rings. The molecule has 0 radical (unpaired) electrons. The zero-order valence-electron chi connectivity index (χ0n) is 9.92. The Hall–Kier alpha value is -2.30. The first kappa shape index (κ1) is 10.8. The van der Waals surface area contributed by atoms with E-state index >= 15 is 0 Å². The van der Waals surface area contributed by atoms with Crippen molar-refractivity contribution in [1.82, 2.24) is 9.78 Å². The zero-order valence-corrected chi connectivity index (χ0v) is 9.92. The van der Waals surface area contributed by atoms with E-state index in [4.69, 9.17) is 9.47 Å². The number of aryl methyl sites for hydroxylation is 1. The van der Waals surface area contributed by atoms with Crippen molar-refractivity contribution in [2.24, 2.45) is 0 Å². The highest BCUT2D eigenvalue weighted by Gasteiger charge is 2.14. The minimum absolute atomic E-state index is 0.0954. The second kappa shape index (κ2) is 4.18. The van der Waals surface area contributed by atoms with Crippen molar-refractivity contribution >= 4 is 0 Å². The Balaban J connectivity index is 2.07. The largest absolute Gasteiger partial charge is 0.454 e. The van der Waals surface area contributed by atoms with Gasteiger partial charge in [-0.05, 0) is 31.2 Å². The van der Waals surface area contributed by atoms with E-state index in [1.54, 1.807) is 6.07 Å². The highest BCUT2D eigenvalue weighted by atomic mass is 16.7. The minimum Gasteiger partial charge on any atom is -0.454 e. The molecule has 0 amide bonds. The normalized spacial score (nSPS) is 12.7. The summed E-state index contributed by atoms with van der Waals surface area (Å²) in [7, 11) is 0. The molecule has 0 aliphatic carbocycles. The van der Waals surface area contributed by atoms with Gasteiger partial charge in [0.15, 0.2) is 11.5 Å². The van der Waals surface area contributed by atoms with Gasteiger partial charge in [0.05, 0.1) is 5.69 Å². The van der Waals surface area contributed by atoms with Crippen LogP contribution in [0, 0.1) is 0 Å². The molecule has 1 aromatic heterocycles. The number of benzene rings is 1. The number of hydrogen-bond acceptors (Lipinski definition) is 4. The lowest BCUT2D eigenvalue weighted by Crippen LogP contribution is -2.20. The van der Waals surface area contributed by atoms with Crippen LogP contribution in [-0.2, 0) is 6.54 Å². The van der Waals surface area contributed by atoms with Crippen LogP contribution in [0.1, 0.15) is 6.92 Å². The quantitative estimate of drug-likeness (QED) is 0.806. The molecule has 1 aliphatic heterocycles. The molecule has 1 aromatic carbocycles. The van der Waals surface area contributed by atoms with Gasteiger partial charge in [-0.1, -0.05) is 0 Å². The first-order valence-corrected chi connectivity index (χ1v) is 5.76. The molecule has 0 bridgehead atoms. The topological polar surface area (TPSA) is 53.4 Å². The van der Waals surface area contributed by atoms with Gasteiger partial charge in [-0.2, -0.15) is 5.10 Å². The lowest BCUT2D eigenvalue weighted by Gasteiger charge is -2.05. The van der Waals surface area contributed by atoms with Crippen LogP contribution < -0.4 is 15.0 Å². The Bertz CT molecular complexity index is 649. The van der Waals surface area contributed by atoms with Crippen LogP contribution in [0.25, 0.3) is 11.3 Å². The second-order valence-electron chi connectivity index (χ2n) is 3.94. The number of aromatic nitrogens is 2. The van der Waals surface area contributed by atoms with Crippen LogP contribution >= 0.6 is 0 Å². The first-order valence-electron chi connectivity index (χ1n) is 5.76. The van der Waals surface area contributed by atoms with Gasteiger partial charge in [0.1, 0.15) is 0 Å². The summed E-state index contributed by atoms with van der Waals surface area (Å²) in [6.07, 6.45) is 0. The summed E-state index contributed by atoms with van der Waals surface area (Å²) >= 11 is 0. The maximum absolute atomic E-state index is 11.5. The molecule has 2 aromatic rings. The van der Waals surface area contributed by atoms with E-state index in [-0.39, 0.29) is 12.4 Å². The third-order valence-corrected chi connectivity index (χ3v) is 2.83. The van der Waals surface area contributed by atoms with E-state index in [1.165, 1.54) is 10.7 Å². The molecule has 0 fully saturated rings. The molecule has 18 heavy (non-hydrogen) atoms. The Labute approximate surface area is 104 Å². The van der Waals surface area contributed by atoms with E-state index in [0.717, 1.165) is 17.0 Å². The highest BCUT2D eigenvalue weighted by Crippen LogP contribution is 2.35. The SMILES string of the molecule is CCn1nc(-c2ccc3c(c2)OCO3)ccc1=O. The fourth-order valence-electron chi connectivity index (χ4n) is 1.89. The summed E-state index contributed by atoms with van der Waals surface area (Å²) in [5, 5.41) is 4.29. The van der Waals surface area contributed by atoms with Gasteiger partial charge < -0.3 is 9.47 Å². The molecule has 0 unspecified atom stereocenters. The third-order valence-electron chi connectivity index (χ3n) is 2.83. The zero-order chi connectivity index (χ0) is 12.5. The molecule has 2 heterocycles. The number of hydrogen-bond donors (Lipinski definition) is 0. The van der Waals surface area contributed by atoms with Crippen molar-refractivity contribution in [2.45, 2.75) is 13.5 Å². The van der Waals surface area contributed by atoms with E-state index in [2.05, 4.69) is 5.10 Å². The number of ether oxygens (including phenoxy) is 2. The monoisotopic (exact) mass is 244 g/mol. The predicted molar refractivity (Wildman–Crippen MR) is 65.7 cm³/mol. The average molecular weight is 244 g/mol. The average Bonchev–Trinajstić information content (AvgIpc) is 2.86. The van der Waals surface area contributed by atoms with E-state index < -0.39 is 0 Å². The summed E-state index contributed by atoms with van der Waals surface area (Å²) in [5.74, 6) is 1.45. The Kier molecular flexibility index (Phi) is 2.51. The Morgan fingerprint density at radius 1 is 1.22 bits per heavy atom. The Morgan fingerprint density at radius 3 is 2.89 bits per heavy atom. The molecule has 0 spiro atoms. The lowest BCUT2D eigenvalue weighted by molar-refractivity contribution is 0.174. The van der Waals surface area contributed by atoms with Crippen LogP contribution in [0.4, 0.5) is 0 Å². The second-order valence-corrected chi connectivity index (χ2v) is 3.94. The summed E-state index contributed by atoms with van der Waals surface area (Å²) in [6, 6.07) is 8.86. The summed E-state index contributed by atoms with van der Waals surface area (Å²) in [5.41, 5.74) is 1.55. The van der Waals surface area contributed by atoms with Crippen molar-refractivity contribution < 1.29 is 9.47 Å². The van der Waals surface area contributed by atoms with Crippen LogP contribution in [0.5, 0.6) is 11.5 Å². The van der Waals surface area contributed by atoms with E-state index in [9.17, 15) is 4.79 Å². The predicted octanol–water partition coefficient (Wildman–Crippen LogP) is 1.66. The highest BCUT2D eigenvalue weighted by molar-refractivity contribution is 5.63. The summed E-state index contributed by atoms with van der Waals surface area (Å²) < 4.78 is 12.0. The van der Waals surface area contributed by atoms with E-state index in [0.29, 0.717) is 12.3 Å². The van der Waals surface area contributed by atoms with Crippen LogP contribution in [0.3, 0.4) is 0 Å². The van der Waals surface area contributed by atoms with Crippen molar-refractivity contribution in [2.75, 3.05) is 6.79 Å². The van der Waals surface area contributed by atoms with Crippen molar-refractivity contribution in [3.8, 4) is 22.8 Å². The summed E-state index contributed by atoms with van der Waals surface area (Å²) in [6.45, 7) is 2.69. The molecule has 3 rings (SSSR count). The summed E-state index contributed by atoms with van der Waals surface area (Å²) in [4.78, 5) is 11.5. The molecule has 0 saturated heterocycles. The minimum atomic E-state index is -0.0954. The van der Waals surface area contributed by atoms with E-state index in [1.807, 2.05) is 25.1 Å². The van der Waals surface area contributed by atoms with Gasteiger partial charge in [0.2, 0.25) is 6.79 Å². The van der Waals surface area contributed by atoms with Gasteiger partial charge in [-0.15, -0.1) is 0 Å². The van der Waals surface area contributed by atoms with Crippen molar-refractivity contribution in [3.63, 3.8) is 0 Å². The fraction of sp³-hybridized carbons (Fsp3) is 0.231. The molecule has 0 atom stereocenters. The molecule has 5 nitrogen and oxygen atoms in total. The lowest BCUT2D eigenvalue weighted by atomic mass is 10.1. The smallest absolute Gasteiger partial charge is 0.266 e. The first-order chi connectivity index (χ1) is 8.78. The molecule has 0 N–H and O–H groups in total. The number of rotatable bonds is 2. The fourth-order valence-corrected chi connectivity index (χ4v) is 1.89. The maximum atomic E-state index is 11.5.